The first-order chi connectivity index (χ1) is 9.60. The summed E-state index contributed by atoms with van der Waals surface area (Å²) in [5.41, 5.74) is 0. The van der Waals surface area contributed by atoms with Gasteiger partial charge >= 0.3 is 0 Å². The molecule has 110 valence electrons. The van der Waals surface area contributed by atoms with Crippen LogP contribution in [-0.2, 0) is 4.79 Å². The van der Waals surface area contributed by atoms with Crippen LogP contribution >= 0.6 is 11.6 Å². The maximum Gasteiger partial charge on any atom is 0.242 e. The van der Waals surface area contributed by atoms with Gasteiger partial charge in [0, 0.05) is 32.9 Å². The molecule has 0 spiro atoms. The monoisotopic (exact) mass is 297 g/mol. The van der Waals surface area contributed by atoms with Gasteiger partial charge in [-0.2, -0.15) is 0 Å². The minimum absolute atomic E-state index is 0.102. The molecule has 0 aromatic carbocycles. The Balaban J connectivity index is 1.86. The highest BCUT2D eigenvalue weighted by Gasteiger charge is 2.26. The van der Waals surface area contributed by atoms with Gasteiger partial charge in [0.25, 0.3) is 0 Å². The summed E-state index contributed by atoms with van der Waals surface area (Å²) < 4.78 is 0. The lowest BCUT2D eigenvalue weighted by molar-refractivity contribution is -0.128. The largest absolute Gasteiger partial charge is 0.396 e. The molecule has 1 aromatic rings. The van der Waals surface area contributed by atoms with Crippen LogP contribution in [0.1, 0.15) is 12.8 Å². The standard InChI is InChI=1S/C14H20ClN3O2/c1-17(13-3-2-12(15)8-16-13)10-14(20)18-6-4-11(9-18)5-7-19/h2-3,8,11,19H,4-7,9-10H2,1H3. The average molecular weight is 298 g/mol. The van der Waals surface area contributed by atoms with Crippen LogP contribution < -0.4 is 4.90 Å². The second-order valence-electron chi connectivity index (χ2n) is 5.20. The normalized spacial score (nSPS) is 18.4. The summed E-state index contributed by atoms with van der Waals surface area (Å²) in [5.74, 6) is 1.27. The van der Waals surface area contributed by atoms with Crippen LogP contribution in [0.25, 0.3) is 0 Å². The van der Waals surface area contributed by atoms with E-state index in [4.69, 9.17) is 16.7 Å². The van der Waals surface area contributed by atoms with Gasteiger partial charge in [0.05, 0.1) is 11.6 Å². The van der Waals surface area contributed by atoms with Gasteiger partial charge in [0.2, 0.25) is 5.91 Å². The van der Waals surface area contributed by atoms with E-state index in [-0.39, 0.29) is 12.5 Å². The smallest absolute Gasteiger partial charge is 0.242 e. The maximum atomic E-state index is 12.2. The topological polar surface area (TPSA) is 56.7 Å². The Morgan fingerprint density at radius 2 is 2.40 bits per heavy atom. The van der Waals surface area contributed by atoms with Gasteiger partial charge in [-0.1, -0.05) is 11.6 Å². The van der Waals surface area contributed by atoms with E-state index in [0.29, 0.717) is 17.5 Å². The number of likely N-dealkylation sites (tertiary alicyclic amines) is 1. The van der Waals surface area contributed by atoms with Crippen molar-refractivity contribution >= 4 is 23.3 Å². The third kappa shape index (κ3) is 3.84. The zero-order valence-electron chi connectivity index (χ0n) is 11.6. The molecule has 0 saturated carbocycles. The van der Waals surface area contributed by atoms with Crippen molar-refractivity contribution in [3.8, 4) is 0 Å². The third-order valence-electron chi connectivity index (χ3n) is 3.65. The zero-order chi connectivity index (χ0) is 14.5. The van der Waals surface area contributed by atoms with E-state index in [1.807, 2.05) is 16.8 Å². The molecule has 20 heavy (non-hydrogen) atoms. The predicted molar refractivity (Wildman–Crippen MR) is 78.9 cm³/mol. The van der Waals surface area contributed by atoms with Gasteiger partial charge in [-0.3, -0.25) is 4.79 Å². The van der Waals surface area contributed by atoms with Crippen molar-refractivity contribution in [2.45, 2.75) is 12.8 Å². The number of aliphatic hydroxyl groups is 1. The van der Waals surface area contributed by atoms with Crippen molar-refractivity contribution in [2.24, 2.45) is 5.92 Å². The van der Waals surface area contributed by atoms with Crippen molar-refractivity contribution in [3.63, 3.8) is 0 Å². The van der Waals surface area contributed by atoms with Crippen LogP contribution in [-0.4, -0.2) is 54.2 Å². The Hall–Kier alpha value is -1.33. The van der Waals surface area contributed by atoms with E-state index in [2.05, 4.69) is 4.98 Å². The first kappa shape index (κ1) is 15.1. The summed E-state index contributed by atoms with van der Waals surface area (Å²) in [4.78, 5) is 20.1. The fraction of sp³-hybridized carbons (Fsp3) is 0.571. The highest BCUT2D eigenvalue weighted by Crippen LogP contribution is 2.20. The predicted octanol–water partition coefficient (Wildman–Crippen LogP) is 1.40. The van der Waals surface area contributed by atoms with E-state index < -0.39 is 0 Å². The van der Waals surface area contributed by atoms with Gasteiger partial charge in [-0.25, -0.2) is 4.98 Å². The van der Waals surface area contributed by atoms with Crippen LogP contribution in [0.4, 0.5) is 5.82 Å². The molecule has 0 radical (unpaired) electrons. The fourth-order valence-electron chi connectivity index (χ4n) is 2.46. The molecule has 2 heterocycles. The number of amides is 1. The Labute approximate surface area is 124 Å². The Morgan fingerprint density at radius 1 is 1.60 bits per heavy atom. The number of hydrogen-bond acceptors (Lipinski definition) is 4. The molecule has 6 heteroatoms. The van der Waals surface area contributed by atoms with E-state index in [9.17, 15) is 4.79 Å². The lowest BCUT2D eigenvalue weighted by atomic mass is 10.1. The molecular weight excluding hydrogens is 278 g/mol. The second-order valence-corrected chi connectivity index (χ2v) is 5.63. The van der Waals surface area contributed by atoms with Crippen LogP contribution in [0.15, 0.2) is 18.3 Å². The lowest BCUT2D eigenvalue weighted by Gasteiger charge is -2.22. The van der Waals surface area contributed by atoms with Crippen LogP contribution in [0, 0.1) is 5.92 Å². The fourth-order valence-corrected chi connectivity index (χ4v) is 2.57. The van der Waals surface area contributed by atoms with Crippen molar-refractivity contribution in [1.29, 1.82) is 0 Å². The van der Waals surface area contributed by atoms with E-state index in [1.54, 1.807) is 18.3 Å². The summed E-state index contributed by atoms with van der Waals surface area (Å²) in [7, 11) is 1.84. The lowest BCUT2D eigenvalue weighted by Crippen LogP contribution is -2.38. The quantitative estimate of drug-likeness (QED) is 0.893. The van der Waals surface area contributed by atoms with Gasteiger partial charge in [0.15, 0.2) is 0 Å². The van der Waals surface area contributed by atoms with Crippen molar-refractivity contribution in [1.82, 2.24) is 9.88 Å². The van der Waals surface area contributed by atoms with Gasteiger partial charge in [0.1, 0.15) is 5.82 Å². The molecule has 1 aromatic heterocycles. The highest BCUT2D eigenvalue weighted by atomic mass is 35.5. The Bertz CT molecular complexity index is 452. The van der Waals surface area contributed by atoms with Crippen molar-refractivity contribution in [3.05, 3.63) is 23.4 Å². The summed E-state index contributed by atoms with van der Waals surface area (Å²) in [6, 6.07) is 3.56. The number of likely N-dealkylation sites (N-methyl/N-ethyl adjacent to an activating group) is 1. The molecule has 0 aliphatic carbocycles. The van der Waals surface area contributed by atoms with Gasteiger partial charge in [-0.15, -0.1) is 0 Å². The molecule has 1 aliphatic rings. The van der Waals surface area contributed by atoms with Crippen molar-refractivity contribution < 1.29 is 9.90 Å². The van der Waals surface area contributed by atoms with Crippen molar-refractivity contribution in [2.75, 3.05) is 38.2 Å². The van der Waals surface area contributed by atoms with Crippen LogP contribution in [0.2, 0.25) is 5.02 Å². The molecule has 5 nitrogen and oxygen atoms in total. The molecule has 1 unspecified atom stereocenters. The molecule has 0 bridgehead atoms. The first-order valence-corrected chi connectivity index (χ1v) is 7.19. The number of halogens is 1. The van der Waals surface area contributed by atoms with Gasteiger partial charge < -0.3 is 14.9 Å². The molecule has 1 N–H and O–H groups in total. The number of pyridine rings is 1. The first-order valence-electron chi connectivity index (χ1n) is 6.81. The summed E-state index contributed by atoms with van der Waals surface area (Å²) in [6.45, 7) is 2.04. The maximum absolute atomic E-state index is 12.2. The molecule has 1 saturated heterocycles. The number of nitrogens with zero attached hydrogens (tertiary/aromatic N) is 3. The molecule has 1 aliphatic heterocycles. The minimum atomic E-state index is 0.102. The molecule has 1 atom stereocenters. The SMILES string of the molecule is CN(CC(=O)N1CCC(CCO)C1)c1ccc(Cl)cn1. The van der Waals surface area contributed by atoms with E-state index >= 15 is 0 Å². The second kappa shape index (κ2) is 6.90. The zero-order valence-corrected chi connectivity index (χ0v) is 12.4. The average Bonchev–Trinajstić information content (AvgIpc) is 2.88. The number of rotatable bonds is 5. The minimum Gasteiger partial charge on any atom is -0.396 e. The Morgan fingerprint density at radius 3 is 3.05 bits per heavy atom. The van der Waals surface area contributed by atoms with E-state index in [1.165, 1.54) is 0 Å². The number of aliphatic hydroxyl groups excluding tert-OH is 1. The van der Waals surface area contributed by atoms with Crippen LogP contribution in [0.5, 0.6) is 0 Å². The summed E-state index contributed by atoms with van der Waals surface area (Å²) in [5, 5.41) is 9.52. The molecule has 2 rings (SSSR count). The summed E-state index contributed by atoms with van der Waals surface area (Å²) >= 11 is 5.79. The number of carbonyl (C=O) groups is 1. The highest BCUT2D eigenvalue weighted by molar-refractivity contribution is 6.30. The molecule has 1 fully saturated rings. The third-order valence-corrected chi connectivity index (χ3v) is 3.87. The summed E-state index contributed by atoms with van der Waals surface area (Å²) in [6.07, 6.45) is 3.33. The number of anilines is 1. The Kier molecular flexibility index (Phi) is 5.20. The molecular formula is C14H20ClN3O2. The number of aromatic nitrogens is 1. The molecule has 1 amide bonds. The van der Waals surface area contributed by atoms with Crippen LogP contribution in [0.3, 0.4) is 0 Å². The van der Waals surface area contributed by atoms with Gasteiger partial charge in [-0.05, 0) is 30.9 Å². The van der Waals surface area contributed by atoms with E-state index in [0.717, 1.165) is 31.7 Å². The number of carbonyl (C=O) groups excluding carboxylic acids is 1. The number of hydrogen-bond donors (Lipinski definition) is 1.